The summed E-state index contributed by atoms with van der Waals surface area (Å²) >= 11 is 0. The number of nitrogens with one attached hydrogen (secondary N) is 1. The first kappa shape index (κ1) is 24.6. The molecule has 9 heteroatoms. The lowest BCUT2D eigenvalue weighted by atomic mass is 10.1. The Kier molecular flexibility index (Phi) is 7.57. The molecule has 4 rings (SSSR count). The summed E-state index contributed by atoms with van der Waals surface area (Å²) in [6, 6.07) is 17.6. The summed E-state index contributed by atoms with van der Waals surface area (Å²) in [5, 5.41) is 0. The second-order valence-electron chi connectivity index (χ2n) is 8.27. The largest absolute Gasteiger partial charge is 0.485 e. The Balaban J connectivity index is 1.32. The van der Waals surface area contributed by atoms with Crippen molar-refractivity contribution in [3.63, 3.8) is 0 Å². The van der Waals surface area contributed by atoms with Gasteiger partial charge in [-0.15, -0.1) is 0 Å². The van der Waals surface area contributed by atoms with Crippen molar-refractivity contribution in [2.45, 2.75) is 24.5 Å². The highest BCUT2D eigenvalue weighted by Gasteiger charge is 2.26. The van der Waals surface area contributed by atoms with E-state index >= 15 is 0 Å². The third kappa shape index (κ3) is 6.12. The van der Waals surface area contributed by atoms with Crippen LogP contribution in [-0.2, 0) is 21.4 Å². The van der Waals surface area contributed by atoms with Gasteiger partial charge in [0, 0.05) is 19.7 Å². The van der Waals surface area contributed by atoms with Gasteiger partial charge in [-0.25, -0.2) is 13.1 Å². The van der Waals surface area contributed by atoms with Crippen molar-refractivity contribution in [3.8, 4) is 5.75 Å². The van der Waals surface area contributed by atoms with Crippen molar-refractivity contribution in [2.24, 2.45) is 0 Å². The molecule has 35 heavy (non-hydrogen) atoms. The lowest BCUT2D eigenvalue weighted by molar-refractivity contribution is -0.125. The van der Waals surface area contributed by atoms with Crippen LogP contribution in [0.3, 0.4) is 0 Å². The Morgan fingerprint density at radius 3 is 2.63 bits per heavy atom. The van der Waals surface area contributed by atoms with E-state index in [1.807, 2.05) is 24.3 Å². The number of anilines is 1. The van der Waals surface area contributed by atoms with Crippen LogP contribution >= 0.6 is 0 Å². The second-order valence-corrected chi connectivity index (χ2v) is 10.0. The number of sulfonamides is 1. The number of carbonyl (C=O) groups excluding carboxylic acids is 1. The summed E-state index contributed by atoms with van der Waals surface area (Å²) in [5.41, 5.74) is 1.79. The number of rotatable bonds is 9. The highest BCUT2D eigenvalue weighted by molar-refractivity contribution is 7.89. The normalized spacial score (nSPS) is 15.6. The number of ether oxygens (including phenoxy) is 1. The van der Waals surface area contributed by atoms with Crippen LogP contribution in [-0.4, -0.2) is 52.0 Å². The minimum Gasteiger partial charge on any atom is -0.485 e. The number of nitrogens with zero attached hydrogens (tertiary/aromatic N) is 2. The number of hydrogen-bond donors (Lipinski definition) is 1. The summed E-state index contributed by atoms with van der Waals surface area (Å²) in [4.78, 5) is 16.7. The number of fused-ring (bicyclic) bond motifs is 1. The van der Waals surface area contributed by atoms with Crippen LogP contribution in [0, 0.1) is 0 Å². The highest BCUT2D eigenvalue weighted by atomic mass is 32.2. The van der Waals surface area contributed by atoms with E-state index in [1.54, 1.807) is 42.3 Å². The number of para-hydroxylation sites is 2. The van der Waals surface area contributed by atoms with Crippen molar-refractivity contribution < 1.29 is 22.4 Å². The van der Waals surface area contributed by atoms with Crippen molar-refractivity contribution in [1.29, 1.82) is 0 Å². The van der Waals surface area contributed by atoms with Gasteiger partial charge >= 0.3 is 0 Å². The number of likely N-dealkylation sites (N-methyl/N-ethyl adjacent to an activating group) is 2. The van der Waals surface area contributed by atoms with Crippen LogP contribution in [0.5, 0.6) is 5.75 Å². The minimum absolute atomic E-state index is 0.0735. The van der Waals surface area contributed by atoms with E-state index in [4.69, 9.17) is 9.15 Å². The van der Waals surface area contributed by atoms with Crippen LogP contribution in [0.15, 0.2) is 82.3 Å². The molecular weight excluding hydrogens is 466 g/mol. The fourth-order valence-electron chi connectivity index (χ4n) is 3.88. The predicted octanol–water partition coefficient (Wildman–Crippen LogP) is 3.52. The van der Waals surface area contributed by atoms with Gasteiger partial charge in [-0.05, 0) is 55.0 Å². The molecule has 0 saturated carbocycles. The predicted molar refractivity (Wildman–Crippen MR) is 135 cm³/mol. The van der Waals surface area contributed by atoms with Gasteiger partial charge in [0.1, 0.15) is 17.6 Å². The molecule has 8 nitrogen and oxygen atoms in total. The Hall–Kier alpha value is -3.56. The molecule has 0 radical (unpaired) electrons. The van der Waals surface area contributed by atoms with Crippen LogP contribution in [0.25, 0.3) is 6.08 Å². The Morgan fingerprint density at radius 1 is 1.14 bits per heavy atom. The van der Waals surface area contributed by atoms with E-state index in [1.165, 1.54) is 24.5 Å². The fourth-order valence-corrected chi connectivity index (χ4v) is 4.88. The van der Waals surface area contributed by atoms with E-state index in [2.05, 4.69) is 16.5 Å². The molecule has 0 saturated heterocycles. The molecule has 1 N–H and O–H groups in total. The summed E-state index contributed by atoms with van der Waals surface area (Å²) in [7, 11) is -1.93. The molecule has 0 unspecified atom stereocenters. The van der Waals surface area contributed by atoms with Crippen molar-refractivity contribution in [1.82, 2.24) is 9.62 Å². The van der Waals surface area contributed by atoms with E-state index in [-0.39, 0.29) is 23.5 Å². The number of amides is 1. The molecule has 0 aliphatic carbocycles. The van der Waals surface area contributed by atoms with Crippen LogP contribution in [0.4, 0.5) is 5.69 Å². The Bertz CT molecular complexity index is 1270. The van der Waals surface area contributed by atoms with Gasteiger partial charge in [0.15, 0.2) is 0 Å². The number of carbonyl (C=O) groups is 1. The van der Waals surface area contributed by atoms with Gasteiger partial charge in [-0.3, -0.25) is 4.79 Å². The van der Waals surface area contributed by atoms with E-state index in [0.717, 1.165) is 23.5 Å². The third-order valence-corrected chi connectivity index (χ3v) is 7.20. The van der Waals surface area contributed by atoms with Gasteiger partial charge in [0.05, 0.1) is 36.5 Å². The Morgan fingerprint density at radius 2 is 1.91 bits per heavy atom. The first-order valence-electron chi connectivity index (χ1n) is 11.4. The summed E-state index contributed by atoms with van der Waals surface area (Å²) in [6.45, 7) is 4.19. The standard InChI is InChI=1S/C26H29N3O5S/c1-3-29-19-22(34-25-9-5-4-8-24(25)29)18-28(2)26(30)15-12-20-10-13-23(14-11-20)35(31,32)27-17-21-7-6-16-33-21/h4-16,22,27H,3,17-19H2,1-2H3/b15-12+/t22-/m0/s1. The molecular formula is C26H29N3O5S. The molecule has 0 spiro atoms. The lowest BCUT2D eigenvalue weighted by Crippen LogP contribution is -2.46. The zero-order valence-corrected chi connectivity index (χ0v) is 20.6. The van der Waals surface area contributed by atoms with E-state index < -0.39 is 10.0 Å². The minimum atomic E-state index is -3.67. The van der Waals surface area contributed by atoms with Crippen LogP contribution in [0.2, 0.25) is 0 Å². The molecule has 0 bridgehead atoms. The topological polar surface area (TPSA) is 92.1 Å². The molecule has 2 heterocycles. The first-order valence-corrected chi connectivity index (χ1v) is 12.9. The molecule has 1 amide bonds. The van der Waals surface area contributed by atoms with Gasteiger partial charge in [0.25, 0.3) is 0 Å². The first-order chi connectivity index (χ1) is 16.9. The van der Waals surface area contributed by atoms with Crippen LogP contribution in [0.1, 0.15) is 18.2 Å². The van der Waals surface area contributed by atoms with Crippen LogP contribution < -0.4 is 14.4 Å². The van der Waals surface area contributed by atoms with E-state index in [0.29, 0.717) is 18.8 Å². The smallest absolute Gasteiger partial charge is 0.246 e. The summed E-state index contributed by atoms with van der Waals surface area (Å²) in [6.07, 6.45) is 4.50. The lowest BCUT2D eigenvalue weighted by Gasteiger charge is -2.37. The van der Waals surface area contributed by atoms with Gasteiger partial charge in [0.2, 0.25) is 15.9 Å². The highest BCUT2D eigenvalue weighted by Crippen LogP contribution is 2.32. The summed E-state index contributed by atoms with van der Waals surface area (Å²) in [5.74, 6) is 1.20. The van der Waals surface area contributed by atoms with Gasteiger partial charge < -0.3 is 19.0 Å². The fraction of sp³-hybridized carbons (Fsp3) is 0.269. The van der Waals surface area contributed by atoms with Gasteiger partial charge in [-0.2, -0.15) is 0 Å². The van der Waals surface area contributed by atoms with E-state index in [9.17, 15) is 13.2 Å². The maximum Gasteiger partial charge on any atom is 0.246 e. The molecule has 184 valence electrons. The molecule has 1 aromatic heterocycles. The molecule has 2 aromatic carbocycles. The zero-order valence-electron chi connectivity index (χ0n) is 19.8. The summed E-state index contributed by atoms with van der Waals surface area (Å²) < 4.78 is 38.7. The monoisotopic (exact) mass is 495 g/mol. The average Bonchev–Trinajstić information content (AvgIpc) is 3.39. The number of furan rings is 1. The van der Waals surface area contributed by atoms with Gasteiger partial charge in [-0.1, -0.05) is 24.3 Å². The SMILES string of the molecule is CCN1C[C@H](CN(C)C(=O)/C=C/c2ccc(S(=O)(=O)NCc3ccco3)cc2)Oc2ccccc21. The number of benzene rings is 2. The van der Waals surface area contributed by atoms with Crippen molar-refractivity contribution in [3.05, 3.63) is 84.3 Å². The Labute approximate surface area is 205 Å². The molecule has 1 aliphatic heterocycles. The quantitative estimate of drug-likeness (QED) is 0.457. The molecule has 0 fully saturated rings. The zero-order chi connectivity index (χ0) is 24.8. The van der Waals surface area contributed by atoms with Crippen molar-refractivity contribution in [2.75, 3.05) is 31.6 Å². The molecule has 3 aromatic rings. The number of hydrogen-bond acceptors (Lipinski definition) is 6. The maximum absolute atomic E-state index is 12.7. The average molecular weight is 496 g/mol. The molecule has 1 aliphatic rings. The molecule has 1 atom stereocenters. The second kappa shape index (κ2) is 10.8. The van der Waals surface area contributed by atoms with Crippen molar-refractivity contribution >= 4 is 27.7 Å². The third-order valence-electron chi connectivity index (χ3n) is 5.78. The maximum atomic E-state index is 12.7.